The lowest BCUT2D eigenvalue weighted by Crippen LogP contribution is -2.40. The molecule has 0 amide bonds. The summed E-state index contributed by atoms with van der Waals surface area (Å²) in [7, 11) is 0. The first-order valence-electron chi connectivity index (χ1n) is 7.06. The molecule has 102 valence electrons. The summed E-state index contributed by atoms with van der Waals surface area (Å²) in [5.74, 6) is 0.723. The molecule has 3 unspecified atom stereocenters. The molecule has 3 N–H and O–H groups in total. The summed E-state index contributed by atoms with van der Waals surface area (Å²) in [4.78, 5) is 0. The SMILES string of the molecule is CC1CCCCC1OCCCCC(C)(N)CO. The van der Waals surface area contributed by atoms with E-state index in [1.54, 1.807) is 0 Å². The van der Waals surface area contributed by atoms with E-state index in [1.807, 2.05) is 6.92 Å². The number of aliphatic hydroxyl groups is 1. The summed E-state index contributed by atoms with van der Waals surface area (Å²) < 4.78 is 5.94. The molecule has 1 aliphatic carbocycles. The quantitative estimate of drug-likeness (QED) is 0.675. The molecule has 0 aromatic rings. The van der Waals surface area contributed by atoms with E-state index in [4.69, 9.17) is 15.6 Å². The zero-order chi connectivity index (χ0) is 12.7. The molecule has 0 bridgehead atoms. The van der Waals surface area contributed by atoms with Gasteiger partial charge in [0.1, 0.15) is 0 Å². The first kappa shape index (κ1) is 14.9. The molecule has 0 saturated heterocycles. The van der Waals surface area contributed by atoms with Crippen LogP contribution in [0.5, 0.6) is 0 Å². The third-order valence-corrected chi connectivity index (χ3v) is 3.87. The van der Waals surface area contributed by atoms with Crippen LogP contribution >= 0.6 is 0 Å². The molecule has 1 saturated carbocycles. The maximum Gasteiger partial charge on any atom is 0.0608 e. The van der Waals surface area contributed by atoms with Crippen molar-refractivity contribution in [3.63, 3.8) is 0 Å². The molecule has 3 nitrogen and oxygen atoms in total. The van der Waals surface area contributed by atoms with Gasteiger partial charge in [-0.3, -0.25) is 0 Å². The monoisotopic (exact) mass is 243 g/mol. The van der Waals surface area contributed by atoms with Crippen LogP contribution in [0.15, 0.2) is 0 Å². The van der Waals surface area contributed by atoms with E-state index in [0.29, 0.717) is 6.10 Å². The van der Waals surface area contributed by atoms with Crippen molar-refractivity contribution in [3.05, 3.63) is 0 Å². The third kappa shape index (κ3) is 5.84. The Bertz CT molecular complexity index is 206. The molecule has 0 spiro atoms. The summed E-state index contributed by atoms with van der Waals surface area (Å²) in [6.07, 6.45) is 8.66. The fraction of sp³-hybridized carbons (Fsp3) is 1.00. The third-order valence-electron chi connectivity index (χ3n) is 3.87. The second kappa shape index (κ2) is 7.34. The number of hydrogen-bond donors (Lipinski definition) is 2. The van der Waals surface area contributed by atoms with Gasteiger partial charge in [0.05, 0.1) is 12.7 Å². The van der Waals surface area contributed by atoms with Gasteiger partial charge in [0.25, 0.3) is 0 Å². The van der Waals surface area contributed by atoms with E-state index >= 15 is 0 Å². The largest absolute Gasteiger partial charge is 0.394 e. The standard InChI is InChI=1S/C14H29NO2/c1-12-7-3-4-8-13(12)17-10-6-5-9-14(2,15)11-16/h12-13,16H,3-11,15H2,1-2H3. The predicted molar refractivity (Wildman–Crippen MR) is 70.9 cm³/mol. The molecular weight excluding hydrogens is 214 g/mol. The molecule has 1 fully saturated rings. The number of nitrogens with two attached hydrogens (primary N) is 1. The molecule has 0 heterocycles. The minimum absolute atomic E-state index is 0.0630. The molecule has 1 aliphatic rings. The Morgan fingerprint density at radius 1 is 1.29 bits per heavy atom. The highest BCUT2D eigenvalue weighted by molar-refractivity contribution is 4.77. The van der Waals surface area contributed by atoms with Crippen LogP contribution in [-0.4, -0.2) is 30.0 Å². The summed E-state index contributed by atoms with van der Waals surface area (Å²) in [6, 6.07) is 0. The molecular formula is C14H29NO2. The zero-order valence-corrected chi connectivity index (χ0v) is 11.5. The maximum absolute atomic E-state index is 9.03. The number of hydrogen-bond acceptors (Lipinski definition) is 3. The lowest BCUT2D eigenvalue weighted by molar-refractivity contribution is -0.00706. The smallest absolute Gasteiger partial charge is 0.0608 e. The van der Waals surface area contributed by atoms with Gasteiger partial charge >= 0.3 is 0 Å². The van der Waals surface area contributed by atoms with E-state index in [2.05, 4.69) is 6.92 Å². The van der Waals surface area contributed by atoms with Crippen molar-refractivity contribution in [1.82, 2.24) is 0 Å². The number of unbranched alkanes of at least 4 members (excludes halogenated alkanes) is 1. The zero-order valence-electron chi connectivity index (χ0n) is 11.5. The van der Waals surface area contributed by atoms with E-state index in [1.165, 1.54) is 25.7 Å². The number of aliphatic hydroxyl groups excluding tert-OH is 1. The highest BCUT2D eigenvalue weighted by Gasteiger charge is 2.21. The summed E-state index contributed by atoms with van der Waals surface area (Å²) in [5.41, 5.74) is 5.45. The van der Waals surface area contributed by atoms with Crippen LogP contribution in [-0.2, 0) is 4.74 Å². The Hall–Kier alpha value is -0.120. The van der Waals surface area contributed by atoms with Crippen molar-refractivity contribution >= 4 is 0 Å². The summed E-state index contributed by atoms with van der Waals surface area (Å²) >= 11 is 0. The van der Waals surface area contributed by atoms with Gasteiger partial charge in [0.15, 0.2) is 0 Å². The van der Waals surface area contributed by atoms with Crippen molar-refractivity contribution in [2.45, 2.75) is 70.4 Å². The fourth-order valence-corrected chi connectivity index (χ4v) is 2.47. The molecule has 0 radical (unpaired) electrons. The van der Waals surface area contributed by atoms with E-state index in [0.717, 1.165) is 31.8 Å². The topological polar surface area (TPSA) is 55.5 Å². The van der Waals surface area contributed by atoms with Crippen LogP contribution in [0.4, 0.5) is 0 Å². The van der Waals surface area contributed by atoms with Crippen LogP contribution in [0.1, 0.15) is 58.8 Å². The van der Waals surface area contributed by atoms with Crippen molar-refractivity contribution in [2.24, 2.45) is 11.7 Å². The molecule has 0 aromatic carbocycles. The molecule has 0 aliphatic heterocycles. The Morgan fingerprint density at radius 3 is 2.65 bits per heavy atom. The van der Waals surface area contributed by atoms with Crippen molar-refractivity contribution in [3.8, 4) is 0 Å². The van der Waals surface area contributed by atoms with Gasteiger partial charge in [0.2, 0.25) is 0 Å². The lowest BCUT2D eigenvalue weighted by atomic mass is 9.88. The van der Waals surface area contributed by atoms with Crippen molar-refractivity contribution in [1.29, 1.82) is 0 Å². The van der Waals surface area contributed by atoms with E-state index in [-0.39, 0.29) is 6.61 Å². The van der Waals surface area contributed by atoms with Crippen molar-refractivity contribution < 1.29 is 9.84 Å². The summed E-state index contributed by atoms with van der Waals surface area (Å²) in [5, 5.41) is 9.03. The fourth-order valence-electron chi connectivity index (χ4n) is 2.47. The average molecular weight is 243 g/mol. The lowest BCUT2D eigenvalue weighted by Gasteiger charge is -2.29. The average Bonchev–Trinajstić information content (AvgIpc) is 2.31. The maximum atomic E-state index is 9.03. The molecule has 1 rings (SSSR count). The van der Waals surface area contributed by atoms with Gasteiger partial charge in [-0.2, -0.15) is 0 Å². The van der Waals surface area contributed by atoms with Gasteiger partial charge in [-0.1, -0.05) is 19.8 Å². The second-order valence-corrected chi connectivity index (χ2v) is 5.94. The predicted octanol–water partition coefficient (Wildman–Crippen LogP) is 2.46. The normalized spacial score (nSPS) is 28.9. The van der Waals surface area contributed by atoms with Gasteiger partial charge in [-0.25, -0.2) is 0 Å². The van der Waals surface area contributed by atoms with Gasteiger partial charge in [-0.15, -0.1) is 0 Å². The van der Waals surface area contributed by atoms with Crippen LogP contribution < -0.4 is 5.73 Å². The molecule has 3 heteroatoms. The number of ether oxygens (including phenoxy) is 1. The van der Waals surface area contributed by atoms with Gasteiger partial charge in [0, 0.05) is 12.1 Å². The van der Waals surface area contributed by atoms with Gasteiger partial charge in [-0.05, 0) is 44.9 Å². The van der Waals surface area contributed by atoms with E-state index in [9.17, 15) is 0 Å². The summed E-state index contributed by atoms with van der Waals surface area (Å²) in [6.45, 7) is 5.10. The van der Waals surface area contributed by atoms with Crippen molar-refractivity contribution in [2.75, 3.05) is 13.2 Å². The minimum Gasteiger partial charge on any atom is -0.394 e. The van der Waals surface area contributed by atoms with Crippen LogP contribution in [0.2, 0.25) is 0 Å². The van der Waals surface area contributed by atoms with Crippen LogP contribution in [0.3, 0.4) is 0 Å². The van der Waals surface area contributed by atoms with Gasteiger partial charge < -0.3 is 15.6 Å². The first-order valence-corrected chi connectivity index (χ1v) is 7.06. The molecule has 3 atom stereocenters. The Balaban J connectivity index is 2.04. The highest BCUT2D eigenvalue weighted by Crippen LogP contribution is 2.26. The number of rotatable bonds is 7. The Labute approximate surface area is 106 Å². The Kier molecular flexibility index (Phi) is 6.45. The van der Waals surface area contributed by atoms with Crippen LogP contribution in [0.25, 0.3) is 0 Å². The molecule has 0 aromatic heterocycles. The minimum atomic E-state index is -0.419. The first-order chi connectivity index (χ1) is 8.05. The van der Waals surface area contributed by atoms with Crippen LogP contribution in [0, 0.1) is 5.92 Å². The Morgan fingerprint density at radius 2 is 2.00 bits per heavy atom. The second-order valence-electron chi connectivity index (χ2n) is 5.94. The molecule has 17 heavy (non-hydrogen) atoms. The highest BCUT2D eigenvalue weighted by atomic mass is 16.5. The van der Waals surface area contributed by atoms with E-state index < -0.39 is 5.54 Å².